The Hall–Kier alpha value is -2.11. The number of rotatable bonds is 5. The van der Waals surface area contributed by atoms with E-state index in [1.807, 2.05) is 6.92 Å². The number of carboxylic acids is 1. The van der Waals surface area contributed by atoms with E-state index in [1.54, 1.807) is 19.9 Å². The molecule has 0 aliphatic carbocycles. The van der Waals surface area contributed by atoms with Crippen molar-refractivity contribution < 1.29 is 19.1 Å². The van der Waals surface area contributed by atoms with Crippen LogP contribution in [-0.2, 0) is 4.79 Å². The van der Waals surface area contributed by atoms with Crippen LogP contribution in [0.15, 0.2) is 18.2 Å². The number of hydrogen-bond acceptors (Lipinski definition) is 2. The summed E-state index contributed by atoms with van der Waals surface area (Å²) >= 11 is 0. The molecule has 1 aromatic rings. The summed E-state index contributed by atoms with van der Waals surface area (Å²) in [6, 6.07) is 2.63. The van der Waals surface area contributed by atoms with Crippen molar-refractivity contribution in [2.75, 3.05) is 5.32 Å². The average molecular weight is 282 g/mol. The second-order valence-corrected chi connectivity index (χ2v) is 4.76. The number of benzene rings is 1. The molecule has 0 bridgehead atoms. The number of nitrogens with one attached hydrogen (secondary N) is 2. The molecule has 3 N–H and O–H groups in total. The topological polar surface area (TPSA) is 78.4 Å². The van der Waals surface area contributed by atoms with Gasteiger partial charge in [-0.15, -0.1) is 0 Å². The third kappa shape index (κ3) is 4.22. The van der Waals surface area contributed by atoms with Crippen LogP contribution in [0.1, 0.15) is 25.8 Å². The molecule has 0 saturated heterocycles. The first kappa shape index (κ1) is 15.9. The molecule has 0 heterocycles. The molecule has 0 spiro atoms. The lowest BCUT2D eigenvalue weighted by molar-refractivity contribution is -0.140. The largest absolute Gasteiger partial charge is 0.480 e. The minimum absolute atomic E-state index is 0.201. The highest BCUT2D eigenvalue weighted by atomic mass is 19.1. The van der Waals surface area contributed by atoms with Crippen LogP contribution in [0.3, 0.4) is 0 Å². The summed E-state index contributed by atoms with van der Waals surface area (Å²) < 4.78 is 13.3. The number of halogens is 1. The lowest BCUT2D eigenvalue weighted by atomic mass is 9.99. The average Bonchev–Trinajstić information content (AvgIpc) is 2.39. The Morgan fingerprint density at radius 2 is 2.05 bits per heavy atom. The van der Waals surface area contributed by atoms with Crippen molar-refractivity contribution >= 4 is 17.7 Å². The van der Waals surface area contributed by atoms with Crippen LogP contribution >= 0.6 is 0 Å². The van der Waals surface area contributed by atoms with Crippen LogP contribution in [-0.4, -0.2) is 23.1 Å². The Bertz CT molecular complexity index is 505. The van der Waals surface area contributed by atoms with Gasteiger partial charge in [-0.25, -0.2) is 14.0 Å². The lowest BCUT2D eigenvalue weighted by Gasteiger charge is -2.20. The fourth-order valence-corrected chi connectivity index (χ4v) is 1.66. The number of carboxylic acid groups (broad SMARTS) is 1. The van der Waals surface area contributed by atoms with E-state index in [2.05, 4.69) is 10.6 Å². The van der Waals surface area contributed by atoms with Gasteiger partial charge in [0.15, 0.2) is 0 Å². The fourth-order valence-electron chi connectivity index (χ4n) is 1.66. The van der Waals surface area contributed by atoms with E-state index in [4.69, 9.17) is 5.11 Å². The minimum atomic E-state index is -1.09. The van der Waals surface area contributed by atoms with E-state index in [0.29, 0.717) is 12.0 Å². The van der Waals surface area contributed by atoms with Gasteiger partial charge in [0.25, 0.3) is 0 Å². The van der Waals surface area contributed by atoms with Gasteiger partial charge in [-0.3, -0.25) is 0 Å². The van der Waals surface area contributed by atoms with Crippen LogP contribution in [0.25, 0.3) is 0 Å². The van der Waals surface area contributed by atoms with Crippen LogP contribution in [0, 0.1) is 18.7 Å². The number of aryl methyl sites for hydroxylation is 1. The van der Waals surface area contributed by atoms with Crippen LogP contribution in [0.5, 0.6) is 0 Å². The quantitative estimate of drug-likeness (QED) is 0.777. The molecule has 0 aliphatic heterocycles. The zero-order valence-electron chi connectivity index (χ0n) is 11.7. The molecule has 2 amide bonds. The summed E-state index contributed by atoms with van der Waals surface area (Å²) in [5.74, 6) is -1.72. The number of carbonyl (C=O) groups excluding carboxylic acids is 1. The Labute approximate surface area is 117 Å². The van der Waals surface area contributed by atoms with Crippen LogP contribution in [0.2, 0.25) is 0 Å². The monoisotopic (exact) mass is 282 g/mol. The summed E-state index contributed by atoms with van der Waals surface area (Å²) in [7, 11) is 0. The van der Waals surface area contributed by atoms with E-state index in [1.165, 1.54) is 12.1 Å². The predicted molar refractivity (Wildman–Crippen MR) is 74.2 cm³/mol. The SMILES string of the molecule is CC[C@H](C)[C@H](NC(=O)Nc1ccc(C)c(F)c1)C(=O)O. The van der Waals surface area contributed by atoms with Gasteiger partial charge in [-0.05, 0) is 30.5 Å². The molecule has 0 aliphatic rings. The molecule has 0 saturated carbocycles. The maximum Gasteiger partial charge on any atom is 0.326 e. The molecular formula is C14H19FN2O3. The predicted octanol–water partition coefficient (Wildman–Crippen LogP) is 2.75. The highest BCUT2D eigenvalue weighted by molar-refractivity contribution is 5.92. The first-order valence-electron chi connectivity index (χ1n) is 6.41. The molecule has 20 heavy (non-hydrogen) atoms. The molecule has 110 valence electrons. The summed E-state index contributed by atoms with van der Waals surface area (Å²) in [4.78, 5) is 22.8. The third-order valence-corrected chi connectivity index (χ3v) is 3.20. The van der Waals surface area contributed by atoms with E-state index < -0.39 is 23.9 Å². The molecule has 1 rings (SSSR count). The van der Waals surface area contributed by atoms with Gasteiger partial charge in [0.2, 0.25) is 0 Å². The first-order chi connectivity index (χ1) is 9.35. The smallest absolute Gasteiger partial charge is 0.326 e. The Kier molecular flexibility index (Phi) is 5.49. The molecule has 2 atom stereocenters. The normalized spacial score (nSPS) is 13.4. The molecule has 0 aromatic heterocycles. The van der Waals surface area contributed by atoms with Gasteiger partial charge in [0.1, 0.15) is 11.9 Å². The maximum atomic E-state index is 13.3. The van der Waals surface area contributed by atoms with Crippen molar-refractivity contribution in [1.82, 2.24) is 5.32 Å². The van der Waals surface area contributed by atoms with Gasteiger partial charge >= 0.3 is 12.0 Å². The van der Waals surface area contributed by atoms with Crippen molar-refractivity contribution in [2.45, 2.75) is 33.2 Å². The van der Waals surface area contributed by atoms with Crippen molar-refractivity contribution in [3.63, 3.8) is 0 Å². The second-order valence-electron chi connectivity index (χ2n) is 4.76. The number of hydrogen-bond donors (Lipinski definition) is 3. The maximum absolute atomic E-state index is 13.3. The fraction of sp³-hybridized carbons (Fsp3) is 0.429. The zero-order valence-corrected chi connectivity index (χ0v) is 11.7. The van der Waals surface area contributed by atoms with Crippen LogP contribution < -0.4 is 10.6 Å². The Morgan fingerprint density at radius 3 is 2.55 bits per heavy atom. The molecular weight excluding hydrogens is 263 g/mol. The highest BCUT2D eigenvalue weighted by Gasteiger charge is 2.25. The number of anilines is 1. The molecule has 0 fully saturated rings. The number of urea groups is 1. The lowest BCUT2D eigenvalue weighted by Crippen LogP contribution is -2.46. The Balaban J connectivity index is 2.70. The van der Waals surface area contributed by atoms with E-state index in [9.17, 15) is 14.0 Å². The third-order valence-electron chi connectivity index (χ3n) is 3.20. The number of carbonyl (C=O) groups is 2. The van der Waals surface area contributed by atoms with Crippen molar-refractivity contribution in [2.24, 2.45) is 5.92 Å². The highest BCUT2D eigenvalue weighted by Crippen LogP contribution is 2.14. The van der Waals surface area contributed by atoms with Crippen molar-refractivity contribution in [1.29, 1.82) is 0 Å². The van der Waals surface area contributed by atoms with Gasteiger partial charge < -0.3 is 15.7 Å². The Morgan fingerprint density at radius 1 is 1.40 bits per heavy atom. The summed E-state index contributed by atoms with van der Waals surface area (Å²) in [6.07, 6.45) is 0.621. The molecule has 0 radical (unpaired) electrons. The van der Waals surface area contributed by atoms with Gasteiger partial charge in [-0.1, -0.05) is 26.3 Å². The number of aliphatic carboxylic acids is 1. The molecule has 5 nitrogen and oxygen atoms in total. The van der Waals surface area contributed by atoms with Gasteiger partial charge in [-0.2, -0.15) is 0 Å². The number of amides is 2. The van der Waals surface area contributed by atoms with Crippen molar-refractivity contribution in [3.8, 4) is 0 Å². The standard InChI is InChI=1S/C14H19FN2O3/c1-4-8(2)12(13(18)19)17-14(20)16-10-6-5-9(3)11(15)7-10/h5-8,12H,4H2,1-3H3,(H,18,19)(H2,16,17,20)/t8-,12-/m0/s1. The van der Waals surface area contributed by atoms with Crippen LogP contribution in [0.4, 0.5) is 14.9 Å². The van der Waals surface area contributed by atoms with Crippen molar-refractivity contribution in [3.05, 3.63) is 29.6 Å². The zero-order chi connectivity index (χ0) is 15.3. The molecule has 0 unspecified atom stereocenters. The molecule has 1 aromatic carbocycles. The molecule has 6 heteroatoms. The summed E-state index contributed by atoms with van der Waals surface area (Å²) in [6.45, 7) is 5.20. The summed E-state index contributed by atoms with van der Waals surface area (Å²) in [5, 5.41) is 13.9. The minimum Gasteiger partial charge on any atom is -0.480 e. The summed E-state index contributed by atoms with van der Waals surface area (Å²) in [5.41, 5.74) is 0.748. The first-order valence-corrected chi connectivity index (χ1v) is 6.41. The van der Waals surface area contributed by atoms with E-state index in [-0.39, 0.29) is 11.6 Å². The van der Waals surface area contributed by atoms with E-state index in [0.717, 1.165) is 0 Å². The second kappa shape index (κ2) is 6.88. The van der Waals surface area contributed by atoms with Gasteiger partial charge in [0.05, 0.1) is 0 Å². The van der Waals surface area contributed by atoms with E-state index >= 15 is 0 Å². The van der Waals surface area contributed by atoms with Gasteiger partial charge in [0, 0.05) is 5.69 Å².